The molecule has 2 aromatic heterocycles. The SMILES string of the molecule is CSc1ccc(CC(=O)Nc2nnc(-c3ccnn3C(C)C)o2)cc1. The molecule has 0 atom stereocenters. The molecule has 0 aliphatic rings. The predicted octanol–water partition coefficient (Wildman–Crippen LogP) is 3.42. The number of aromatic nitrogens is 4. The Morgan fingerprint density at radius 3 is 2.68 bits per heavy atom. The highest BCUT2D eigenvalue weighted by atomic mass is 32.2. The summed E-state index contributed by atoms with van der Waals surface area (Å²) in [4.78, 5) is 13.3. The second-order valence-corrected chi connectivity index (χ2v) is 6.62. The highest BCUT2D eigenvalue weighted by molar-refractivity contribution is 7.98. The van der Waals surface area contributed by atoms with Crippen molar-refractivity contribution < 1.29 is 9.21 Å². The summed E-state index contributed by atoms with van der Waals surface area (Å²) in [5.74, 6) is 0.121. The summed E-state index contributed by atoms with van der Waals surface area (Å²) in [7, 11) is 0. The number of carbonyl (C=O) groups excluding carboxylic acids is 1. The normalized spacial score (nSPS) is 11.0. The first kappa shape index (κ1) is 17.2. The molecule has 1 N–H and O–H groups in total. The molecule has 0 spiro atoms. The molecule has 7 nitrogen and oxygen atoms in total. The first-order chi connectivity index (χ1) is 12.1. The summed E-state index contributed by atoms with van der Waals surface area (Å²) in [6.07, 6.45) is 3.94. The van der Waals surface area contributed by atoms with E-state index in [1.165, 1.54) is 0 Å². The van der Waals surface area contributed by atoms with Crippen LogP contribution in [0.1, 0.15) is 25.5 Å². The van der Waals surface area contributed by atoms with Crippen LogP contribution in [-0.2, 0) is 11.2 Å². The molecule has 8 heteroatoms. The highest BCUT2D eigenvalue weighted by Gasteiger charge is 2.16. The van der Waals surface area contributed by atoms with Crippen molar-refractivity contribution >= 4 is 23.7 Å². The predicted molar refractivity (Wildman–Crippen MR) is 96.5 cm³/mol. The van der Waals surface area contributed by atoms with Gasteiger partial charge < -0.3 is 4.42 Å². The Morgan fingerprint density at radius 1 is 1.24 bits per heavy atom. The second kappa shape index (κ2) is 7.52. The number of amides is 1. The zero-order chi connectivity index (χ0) is 17.8. The van der Waals surface area contributed by atoms with Gasteiger partial charge in [0.15, 0.2) is 0 Å². The van der Waals surface area contributed by atoms with Crippen LogP contribution >= 0.6 is 11.8 Å². The lowest BCUT2D eigenvalue weighted by atomic mass is 10.1. The lowest BCUT2D eigenvalue weighted by Gasteiger charge is -2.07. The van der Waals surface area contributed by atoms with Gasteiger partial charge in [-0.15, -0.1) is 16.9 Å². The minimum Gasteiger partial charge on any atom is -0.401 e. The fraction of sp³-hybridized carbons (Fsp3) is 0.294. The van der Waals surface area contributed by atoms with Gasteiger partial charge in [-0.05, 0) is 43.9 Å². The number of rotatable bonds is 6. The van der Waals surface area contributed by atoms with Crippen LogP contribution < -0.4 is 5.32 Å². The van der Waals surface area contributed by atoms with Gasteiger partial charge in [0.25, 0.3) is 5.89 Å². The third-order valence-electron chi connectivity index (χ3n) is 3.57. The Labute approximate surface area is 149 Å². The summed E-state index contributed by atoms with van der Waals surface area (Å²) in [5, 5.41) is 14.7. The number of thioether (sulfide) groups is 1. The van der Waals surface area contributed by atoms with Crippen molar-refractivity contribution in [3.63, 3.8) is 0 Å². The Bertz CT molecular complexity index is 854. The molecule has 130 valence electrons. The molecule has 3 rings (SSSR count). The number of anilines is 1. The van der Waals surface area contributed by atoms with Crippen LogP contribution in [0.3, 0.4) is 0 Å². The molecule has 1 amide bonds. The van der Waals surface area contributed by atoms with Gasteiger partial charge in [-0.3, -0.25) is 14.8 Å². The lowest BCUT2D eigenvalue weighted by molar-refractivity contribution is -0.115. The van der Waals surface area contributed by atoms with Crippen molar-refractivity contribution in [3.8, 4) is 11.6 Å². The third kappa shape index (κ3) is 4.08. The van der Waals surface area contributed by atoms with Gasteiger partial charge >= 0.3 is 6.01 Å². The van der Waals surface area contributed by atoms with E-state index in [1.807, 2.05) is 44.4 Å². The Hall–Kier alpha value is -2.61. The van der Waals surface area contributed by atoms with Gasteiger partial charge in [0, 0.05) is 17.1 Å². The van der Waals surface area contributed by atoms with Crippen molar-refractivity contribution in [1.29, 1.82) is 0 Å². The van der Waals surface area contributed by atoms with Gasteiger partial charge in [-0.25, -0.2) is 0 Å². The molecule has 0 bridgehead atoms. The lowest BCUT2D eigenvalue weighted by Crippen LogP contribution is -2.14. The van der Waals surface area contributed by atoms with Gasteiger partial charge in [0.05, 0.1) is 6.42 Å². The first-order valence-corrected chi connectivity index (χ1v) is 9.09. The van der Waals surface area contributed by atoms with Gasteiger partial charge in [0.1, 0.15) is 5.69 Å². The van der Waals surface area contributed by atoms with E-state index in [-0.39, 0.29) is 24.4 Å². The average molecular weight is 357 g/mol. The number of nitrogens with zero attached hydrogens (tertiary/aromatic N) is 4. The van der Waals surface area contributed by atoms with E-state index < -0.39 is 0 Å². The number of carbonyl (C=O) groups is 1. The Kier molecular flexibility index (Phi) is 5.18. The molecular weight excluding hydrogens is 338 g/mol. The fourth-order valence-electron chi connectivity index (χ4n) is 2.36. The molecular formula is C17H19N5O2S. The minimum atomic E-state index is -0.204. The van der Waals surface area contributed by atoms with E-state index in [0.717, 1.165) is 16.2 Å². The van der Waals surface area contributed by atoms with E-state index in [2.05, 4.69) is 20.6 Å². The van der Waals surface area contributed by atoms with E-state index in [1.54, 1.807) is 28.7 Å². The molecule has 0 fully saturated rings. The summed E-state index contributed by atoms with van der Waals surface area (Å²) in [6.45, 7) is 4.02. The van der Waals surface area contributed by atoms with Crippen molar-refractivity contribution in [2.45, 2.75) is 31.2 Å². The van der Waals surface area contributed by atoms with Crippen LogP contribution in [0.25, 0.3) is 11.6 Å². The van der Waals surface area contributed by atoms with Crippen molar-refractivity contribution in [3.05, 3.63) is 42.1 Å². The van der Waals surface area contributed by atoms with Crippen LogP contribution in [-0.4, -0.2) is 32.1 Å². The topological polar surface area (TPSA) is 85.8 Å². The maximum Gasteiger partial charge on any atom is 0.322 e. The average Bonchev–Trinajstić information content (AvgIpc) is 3.24. The molecule has 3 aromatic rings. The third-order valence-corrected chi connectivity index (χ3v) is 4.32. The molecule has 0 aliphatic carbocycles. The van der Waals surface area contributed by atoms with Crippen LogP contribution in [0.4, 0.5) is 6.01 Å². The maximum absolute atomic E-state index is 12.1. The van der Waals surface area contributed by atoms with Crippen LogP contribution in [0.2, 0.25) is 0 Å². The standard InChI is InChI=1S/C17H19N5O2S/c1-11(2)22-14(8-9-18-22)16-20-21-17(24-16)19-15(23)10-12-4-6-13(25-3)7-5-12/h4-9,11H,10H2,1-3H3,(H,19,21,23). The summed E-state index contributed by atoms with van der Waals surface area (Å²) < 4.78 is 7.33. The Morgan fingerprint density at radius 2 is 2.00 bits per heavy atom. The van der Waals surface area contributed by atoms with Gasteiger partial charge in [-0.1, -0.05) is 17.2 Å². The number of nitrogens with one attached hydrogen (secondary N) is 1. The molecule has 1 aromatic carbocycles. The summed E-state index contributed by atoms with van der Waals surface area (Å²) in [6, 6.07) is 9.90. The van der Waals surface area contributed by atoms with Crippen LogP contribution in [0, 0.1) is 0 Å². The largest absolute Gasteiger partial charge is 0.401 e. The number of benzene rings is 1. The van der Waals surface area contributed by atoms with Gasteiger partial charge in [-0.2, -0.15) is 5.10 Å². The second-order valence-electron chi connectivity index (χ2n) is 5.74. The van der Waals surface area contributed by atoms with E-state index in [0.29, 0.717) is 5.89 Å². The zero-order valence-corrected chi connectivity index (χ0v) is 15.1. The molecule has 0 saturated heterocycles. The molecule has 25 heavy (non-hydrogen) atoms. The van der Waals surface area contributed by atoms with Crippen molar-refractivity contribution in [2.24, 2.45) is 0 Å². The van der Waals surface area contributed by atoms with Crippen LogP contribution in [0.15, 0.2) is 45.8 Å². The quantitative estimate of drug-likeness (QED) is 0.680. The van der Waals surface area contributed by atoms with E-state index in [9.17, 15) is 4.79 Å². The fourth-order valence-corrected chi connectivity index (χ4v) is 2.77. The summed E-state index contributed by atoms with van der Waals surface area (Å²) >= 11 is 1.66. The molecule has 2 heterocycles. The summed E-state index contributed by atoms with van der Waals surface area (Å²) in [5.41, 5.74) is 1.64. The molecule has 0 unspecified atom stereocenters. The smallest absolute Gasteiger partial charge is 0.322 e. The highest BCUT2D eigenvalue weighted by Crippen LogP contribution is 2.22. The molecule has 0 radical (unpaired) electrons. The Balaban J connectivity index is 1.66. The zero-order valence-electron chi connectivity index (χ0n) is 14.3. The molecule has 0 aliphatic heterocycles. The van der Waals surface area contributed by atoms with Gasteiger partial charge in [0.2, 0.25) is 5.91 Å². The van der Waals surface area contributed by atoms with E-state index >= 15 is 0 Å². The number of hydrogen-bond donors (Lipinski definition) is 1. The van der Waals surface area contributed by atoms with Crippen LogP contribution in [0.5, 0.6) is 0 Å². The van der Waals surface area contributed by atoms with E-state index in [4.69, 9.17) is 4.42 Å². The maximum atomic E-state index is 12.1. The minimum absolute atomic E-state index is 0.0808. The van der Waals surface area contributed by atoms with Crippen molar-refractivity contribution in [1.82, 2.24) is 20.0 Å². The number of hydrogen-bond acceptors (Lipinski definition) is 6. The first-order valence-electron chi connectivity index (χ1n) is 7.87. The van der Waals surface area contributed by atoms with Crippen molar-refractivity contribution in [2.75, 3.05) is 11.6 Å². The monoisotopic (exact) mass is 357 g/mol. The molecule has 0 saturated carbocycles.